The van der Waals surface area contributed by atoms with E-state index in [1.807, 2.05) is 12.1 Å². The topological polar surface area (TPSA) is 12.0 Å². The van der Waals surface area contributed by atoms with Gasteiger partial charge in [-0.25, -0.2) is 4.39 Å². The van der Waals surface area contributed by atoms with E-state index in [2.05, 4.69) is 26.1 Å². The quantitative estimate of drug-likeness (QED) is 0.834. The molecule has 0 saturated heterocycles. The van der Waals surface area contributed by atoms with Crippen molar-refractivity contribution in [3.05, 3.63) is 35.6 Å². The second-order valence-corrected chi connectivity index (χ2v) is 6.20. The first kappa shape index (κ1) is 13.5. The van der Waals surface area contributed by atoms with Crippen molar-refractivity contribution < 1.29 is 4.39 Å². The molecule has 1 aromatic rings. The zero-order chi connectivity index (χ0) is 13.2. The maximum atomic E-state index is 13.7. The van der Waals surface area contributed by atoms with Crippen LogP contribution in [0.25, 0.3) is 0 Å². The van der Waals surface area contributed by atoms with E-state index in [-0.39, 0.29) is 11.9 Å². The van der Waals surface area contributed by atoms with Crippen molar-refractivity contribution in [3.63, 3.8) is 0 Å². The van der Waals surface area contributed by atoms with Gasteiger partial charge in [-0.1, -0.05) is 44.9 Å². The smallest absolute Gasteiger partial charge is 0.127 e. The molecule has 0 spiro atoms. The Kier molecular flexibility index (Phi) is 4.06. The van der Waals surface area contributed by atoms with Crippen molar-refractivity contribution in [1.29, 1.82) is 0 Å². The number of benzene rings is 1. The van der Waals surface area contributed by atoms with Crippen LogP contribution in [0.1, 0.15) is 58.1 Å². The van der Waals surface area contributed by atoms with Crippen LogP contribution in [0.3, 0.4) is 0 Å². The number of halogens is 1. The largest absolute Gasteiger partial charge is 0.307 e. The number of rotatable bonds is 3. The molecule has 2 rings (SSSR count). The highest BCUT2D eigenvalue weighted by atomic mass is 19.1. The summed E-state index contributed by atoms with van der Waals surface area (Å²) in [7, 11) is 0. The molecule has 0 aliphatic heterocycles. The van der Waals surface area contributed by atoms with Crippen LogP contribution in [0.15, 0.2) is 24.3 Å². The van der Waals surface area contributed by atoms with Gasteiger partial charge in [-0.05, 0) is 31.2 Å². The van der Waals surface area contributed by atoms with E-state index in [9.17, 15) is 4.39 Å². The Morgan fingerprint density at radius 3 is 2.67 bits per heavy atom. The Bertz CT molecular complexity index is 400. The van der Waals surface area contributed by atoms with Gasteiger partial charge in [0.15, 0.2) is 0 Å². The average molecular weight is 249 g/mol. The average Bonchev–Trinajstić information content (AvgIpc) is 2.32. The fraction of sp³-hybridized carbons (Fsp3) is 0.625. The first-order valence-electron chi connectivity index (χ1n) is 7.01. The van der Waals surface area contributed by atoms with Crippen LogP contribution >= 0.6 is 0 Å². The molecule has 1 saturated carbocycles. The predicted octanol–water partition coefficient (Wildman–Crippen LogP) is 4.45. The molecule has 1 aliphatic carbocycles. The molecule has 1 nitrogen and oxygen atoms in total. The van der Waals surface area contributed by atoms with Gasteiger partial charge >= 0.3 is 0 Å². The fourth-order valence-corrected chi connectivity index (χ4v) is 3.02. The lowest BCUT2D eigenvalue weighted by atomic mass is 9.73. The van der Waals surface area contributed by atoms with E-state index >= 15 is 0 Å². The minimum atomic E-state index is -0.105. The van der Waals surface area contributed by atoms with E-state index < -0.39 is 0 Å². The van der Waals surface area contributed by atoms with Gasteiger partial charge in [0.05, 0.1) is 0 Å². The van der Waals surface area contributed by atoms with Gasteiger partial charge in [-0.15, -0.1) is 0 Å². The molecule has 0 amide bonds. The molecule has 18 heavy (non-hydrogen) atoms. The Labute approximate surface area is 110 Å². The highest BCUT2D eigenvalue weighted by molar-refractivity contribution is 5.20. The van der Waals surface area contributed by atoms with E-state index in [1.165, 1.54) is 25.7 Å². The van der Waals surface area contributed by atoms with Crippen LogP contribution in [0.4, 0.5) is 4.39 Å². The first-order chi connectivity index (χ1) is 8.50. The Hall–Kier alpha value is -0.890. The highest BCUT2D eigenvalue weighted by Gasteiger charge is 2.33. The Morgan fingerprint density at radius 2 is 2.00 bits per heavy atom. The SMILES string of the molecule is C[C@@H](NC1CCCCC1(C)C)c1ccccc1F. The first-order valence-corrected chi connectivity index (χ1v) is 7.01. The van der Waals surface area contributed by atoms with E-state index in [1.54, 1.807) is 12.1 Å². The molecule has 1 fully saturated rings. The van der Waals surface area contributed by atoms with E-state index in [0.717, 1.165) is 5.56 Å². The molecule has 100 valence electrons. The van der Waals surface area contributed by atoms with Gasteiger partial charge in [0, 0.05) is 17.6 Å². The molecule has 0 aromatic heterocycles. The van der Waals surface area contributed by atoms with Crippen molar-refractivity contribution in [2.45, 2.75) is 58.5 Å². The summed E-state index contributed by atoms with van der Waals surface area (Å²) in [4.78, 5) is 0. The van der Waals surface area contributed by atoms with Gasteiger partial charge in [0.1, 0.15) is 5.82 Å². The fourth-order valence-electron chi connectivity index (χ4n) is 3.02. The third kappa shape index (κ3) is 2.92. The van der Waals surface area contributed by atoms with Crippen molar-refractivity contribution in [2.75, 3.05) is 0 Å². The second-order valence-electron chi connectivity index (χ2n) is 6.20. The standard InChI is InChI=1S/C16H24FN/c1-12(13-8-4-5-9-14(13)17)18-15-10-6-7-11-16(15,2)3/h4-5,8-9,12,15,18H,6-7,10-11H2,1-3H3/t12-,15?/m1/s1. The Balaban J connectivity index is 2.07. The summed E-state index contributed by atoms with van der Waals surface area (Å²) in [5, 5.41) is 3.63. The van der Waals surface area contributed by atoms with Crippen LogP contribution in [0.2, 0.25) is 0 Å². The van der Waals surface area contributed by atoms with Gasteiger partial charge in [-0.3, -0.25) is 0 Å². The van der Waals surface area contributed by atoms with Crippen molar-refractivity contribution in [2.24, 2.45) is 5.41 Å². The summed E-state index contributed by atoms with van der Waals surface area (Å²) < 4.78 is 13.7. The van der Waals surface area contributed by atoms with Crippen LogP contribution in [-0.4, -0.2) is 6.04 Å². The summed E-state index contributed by atoms with van der Waals surface area (Å²) in [6, 6.07) is 7.63. The molecular weight excluding hydrogens is 225 g/mol. The van der Waals surface area contributed by atoms with Crippen molar-refractivity contribution in [1.82, 2.24) is 5.32 Å². The third-order valence-corrected chi connectivity index (χ3v) is 4.33. The number of nitrogens with one attached hydrogen (secondary N) is 1. The zero-order valence-electron chi connectivity index (χ0n) is 11.7. The maximum Gasteiger partial charge on any atom is 0.127 e. The lowest BCUT2D eigenvalue weighted by Crippen LogP contribution is -2.45. The minimum absolute atomic E-state index is 0.0774. The second kappa shape index (κ2) is 5.40. The summed E-state index contributed by atoms with van der Waals surface area (Å²) in [6.45, 7) is 6.69. The van der Waals surface area contributed by atoms with Gasteiger partial charge in [0.25, 0.3) is 0 Å². The molecule has 0 bridgehead atoms. The molecule has 1 unspecified atom stereocenters. The molecule has 2 heteroatoms. The normalized spacial score (nSPS) is 24.8. The van der Waals surface area contributed by atoms with Crippen LogP contribution in [0.5, 0.6) is 0 Å². The van der Waals surface area contributed by atoms with Gasteiger partial charge < -0.3 is 5.32 Å². The third-order valence-electron chi connectivity index (χ3n) is 4.33. The molecule has 0 radical (unpaired) electrons. The van der Waals surface area contributed by atoms with Crippen LogP contribution < -0.4 is 5.32 Å². The predicted molar refractivity (Wildman–Crippen MR) is 74.0 cm³/mol. The van der Waals surface area contributed by atoms with Crippen LogP contribution in [0, 0.1) is 11.2 Å². The summed E-state index contributed by atoms with van der Waals surface area (Å²) >= 11 is 0. The molecule has 1 aromatic carbocycles. The Morgan fingerprint density at radius 1 is 1.28 bits per heavy atom. The van der Waals surface area contributed by atoms with E-state index in [0.29, 0.717) is 11.5 Å². The summed E-state index contributed by atoms with van der Waals surface area (Å²) in [5.41, 5.74) is 1.09. The monoisotopic (exact) mass is 249 g/mol. The van der Waals surface area contributed by atoms with E-state index in [4.69, 9.17) is 0 Å². The molecule has 0 heterocycles. The molecule has 2 atom stereocenters. The summed E-state index contributed by atoms with van der Waals surface area (Å²) in [5.74, 6) is -0.105. The van der Waals surface area contributed by atoms with Crippen LogP contribution in [-0.2, 0) is 0 Å². The zero-order valence-corrected chi connectivity index (χ0v) is 11.7. The highest BCUT2D eigenvalue weighted by Crippen LogP contribution is 2.36. The lowest BCUT2D eigenvalue weighted by Gasteiger charge is -2.40. The maximum absolute atomic E-state index is 13.7. The van der Waals surface area contributed by atoms with Gasteiger partial charge in [0.2, 0.25) is 0 Å². The van der Waals surface area contributed by atoms with Crippen molar-refractivity contribution >= 4 is 0 Å². The molecular formula is C16H24FN. The summed E-state index contributed by atoms with van der Waals surface area (Å²) in [6.07, 6.45) is 5.06. The van der Waals surface area contributed by atoms with Crippen molar-refractivity contribution in [3.8, 4) is 0 Å². The van der Waals surface area contributed by atoms with Gasteiger partial charge in [-0.2, -0.15) is 0 Å². The number of hydrogen-bond donors (Lipinski definition) is 1. The number of hydrogen-bond acceptors (Lipinski definition) is 1. The lowest BCUT2D eigenvalue weighted by molar-refractivity contribution is 0.157. The minimum Gasteiger partial charge on any atom is -0.307 e. The molecule has 1 N–H and O–H groups in total. The molecule has 1 aliphatic rings.